The minimum absolute atomic E-state index is 0.0623. The largest absolute Gasteiger partial charge is 0.300 e. The van der Waals surface area contributed by atoms with Crippen LogP contribution in [-0.2, 0) is 11.2 Å². The molecule has 6 heteroatoms. The highest BCUT2D eigenvalue weighted by molar-refractivity contribution is 7.15. The third kappa shape index (κ3) is 3.87. The summed E-state index contributed by atoms with van der Waals surface area (Å²) < 4.78 is 0. The van der Waals surface area contributed by atoms with Crippen molar-refractivity contribution in [2.45, 2.75) is 26.2 Å². The molecule has 1 amide bonds. The second kappa shape index (κ2) is 7.86. The standard InChI is InChI=1S/C20H18ClN3OS/c1-3-5-9-15(4-2)20(11-12-20)18(25)22-19-24-23-17(26-19)13-14-8-6-7-10-16(14)21/h1,4-10H,11-13H2,2H3,(H,22,24,25)/b9-5-,15-4+. The summed E-state index contributed by atoms with van der Waals surface area (Å²) >= 11 is 7.55. The minimum Gasteiger partial charge on any atom is -0.300 e. The van der Waals surface area contributed by atoms with Crippen molar-refractivity contribution in [1.82, 2.24) is 10.2 Å². The number of aromatic nitrogens is 2. The lowest BCUT2D eigenvalue weighted by Gasteiger charge is -2.15. The first kappa shape index (κ1) is 18.4. The van der Waals surface area contributed by atoms with Gasteiger partial charge in [0.05, 0.1) is 5.41 Å². The molecule has 1 aromatic heterocycles. The maximum absolute atomic E-state index is 12.8. The maximum Gasteiger partial charge on any atom is 0.236 e. The van der Waals surface area contributed by atoms with Crippen LogP contribution in [-0.4, -0.2) is 16.1 Å². The summed E-state index contributed by atoms with van der Waals surface area (Å²) in [5, 5.41) is 13.2. The molecule has 0 atom stereocenters. The average molecular weight is 384 g/mol. The van der Waals surface area contributed by atoms with E-state index < -0.39 is 5.41 Å². The Balaban J connectivity index is 1.69. The summed E-state index contributed by atoms with van der Waals surface area (Å²) in [7, 11) is 0. The van der Waals surface area contributed by atoms with Crippen molar-refractivity contribution in [3.8, 4) is 12.3 Å². The van der Waals surface area contributed by atoms with Gasteiger partial charge in [0.15, 0.2) is 0 Å². The number of terminal acetylenes is 1. The molecule has 1 fully saturated rings. The predicted molar refractivity (Wildman–Crippen MR) is 106 cm³/mol. The summed E-state index contributed by atoms with van der Waals surface area (Å²) in [5.74, 6) is 2.41. The first-order chi connectivity index (χ1) is 12.6. The van der Waals surface area contributed by atoms with Gasteiger partial charge in [0.2, 0.25) is 11.0 Å². The first-order valence-corrected chi connectivity index (χ1v) is 9.45. The maximum atomic E-state index is 12.8. The minimum atomic E-state index is -0.503. The van der Waals surface area contributed by atoms with Crippen molar-refractivity contribution in [3.05, 3.63) is 63.7 Å². The summed E-state index contributed by atoms with van der Waals surface area (Å²) in [6, 6.07) is 7.63. The molecule has 0 unspecified atom stereocenters. The van der Waals surface area contributed by atoms with E-state index in [-0.39, 0.29) is 5.91 Å². The second-order valence-corrected chi connectivity index (χ2v) is 7.52. The summed E-state index contributed by atoms with van der Waals surface area (Å²) in [5.41, 5.74) is 1.42. The normalized spacial score (nSPS) is 15.7. The molecule has 1 saturated carbocycles. The number of carbonyl (C=O) groups excluding carboxylic acids is 1. The average Bonchev–Trinajstić information content (AvgIpc) is 3.33. The number of hydrogen-bond acceptors (Lipinski definition) is 4. The van der Waals surface area contributed by atoms with Crippen molar-refractivity contribution in [3.63, 3.8) is 0 Å². The Hall–Kier alpha value is -2.42. The number of amides is 1. The highest BCUT2D eigenvalue weighted by Crippen LogP contribution is 2.53. The summed E-state index contributed by atoms with van der Waals surface area (Å²) in [6.07, 6.45) is 12.9. The molecule has 1 aromatic carbocycles. The SMILES string of the molecule is C#C/C=C\C(=C/C)C1(C(=O)Nc2nnc(Cc3ccccc3Cl)s2)CC1. The third-order valence-corrected chi connectivity index (χ3v) is 5.60. The Bertz CT molecular complexity index is 919. The van der Waals surface area contributed by atoms with Crippen LogP contribution in [0.2, 0.25) is 5.02 Å². The monoisotopic (exact) mass is 383 g/mol. The van der Waals surface area contributed by atoms with Crippen molar-refractivity contribution < 1.29 is 4.79 Å². The van der Waals surface area contributed by atoms with Gasteiger partial charge in [-0.2, -0.15) is 0 Å². The molecular formula is C20H18ClN3OS. The van der Waals surface area contributed by atoms with Crippen LogP contribution in [0.5, 0.6) is 0 Å². The van der Waals surface area contributed by atoms with Crippen molar-refractivity contribution >= 4 is 34.0 Å². The Morgan fingerprint density at radius 3 is 2.85 bits per heavy atom. The van der Waals surface area contributed by atoms with Crippen LogP contribution in [0.25, 0.3) is 0 Å². The van der Waals surface area contributed by atoms with E-state index in [1.807, 2.05) is 43.3 Å². The Morgan fingerprint density at radius 2 is 2.19 bits per heavy atom. The zero-order chi connectivity index (χ0) is 18.6. The van der Waals surface area contributed by atoms with Crippen molar-refractivity contribution in [2.75, 3.05) is 5.32 Å². The van der Waals surface area contributed by atoms with Crippen LogP contribution in [0, 0.1) is 17.8 Å². The molecule has 1 heterocycles. The highest BCUT2D eigenvalue weighted by atomic mass is 35.5. The molecule has 4 nitrogen and oxygen atoms in total. The van der Waals surface area contributed by atoms with E-state index in [0.717, 1.165) is 29.0 Å². The fraction of sp³-hybridized carbons (Fsp3) is 0.250. The van der Waals surface area contributed by atoms with Crippen molar-refractivity contribution in [1.29, 1.82) is 0 Å². The molecule has 0 radical (unpaired) electrons. The van der Waals surface area contributed by atoms with Gasteiger partial charge in [-0.05, 0) is 49.1 Å². The number of hydrogen-bond donors (Lipinski definition) is 1. The van der Waals surface area contributed by atoms with E-state index in [4.69, 9.17) is 18.0 Å². The van der Waals surface area contributed by atoms with E-state index >= 15 is 0 Å². The number of benzene rings is 1. The van der Waals surface area contributed by atoms with E-state index in [2.05, 4.69) is 21.4 Å². The fourth-order valence-electron chi connectivity index (χ4n) is 2.84. The zero-order valence-electron chi connectivity index (χ0n) is 14.3. The highest BCUT2D eigenvalue weighted by Gasteiger charge is 2.51. The van der Waals surface area contributed by atoms with Crippen LogP contribution >= 0.6 is 22.9 Å². The van der Waals surface area contributed by atoms with Gasteiger partial charge in [0.1, 0.15) is 5.01 Å². The van der Waals surface area contributed by atoms with Gasteiger partial charge >= 0.3 is 0 Å². The van der Waals surface area contributed by atoms with E-state index in [1.54, 1.807) is 6.08 Å². The number of nitrogens with one attached hydrogen (secondary N) is 1. The van der Waals surface area contributed by atoms with Gasteiger partial charge in [-0.15, -0.1) is 16.6 Å². The molecular weight excluding hydrogens is 366 g/mol. The molecule has 1 aliphatic rings. The van der Waals surface area contributed by atoms with Gasteiger partial charge in [-0.25, -0.2) is 0 Å². The molecule has 0 spiro atoms. The lowest BCUT2D eigenvalue weighted by atomic mass is 9.94. The lowest BCUT2D eigenvalue weighted by Crippen LogP contribution is -2.25. The topological polar surface area (TPSA) is 54.9 Å². The molecule has 0 saturated heterocycles. The summed E-state index contributed by atoms with van der Waals surface area (Å²) in [4.78, 5) is 12.8. The van der Waals surface area contributed by atoms with Gasteiger partial charge in [-0.3, -0.25) is 10.1 Å². The van der Waals surface area contributed by atoms with E-state index in [1.165, 1.54) is 11.3 Å². The smallest absolute Gasteiger partial charge is 0.236 e. The molecule has 0 aliphatic heterocycles. The molecule has 26 heavy (non-hydrogen) atoms. The lowest BCUT2D eigenvalue weighted by molar-refractivity contribution is -0.119. The molecule has 1 aliphatic carbocycles. The van der Waals surface area contributed by atoms with Crippen molar-refractivity contribution in [2.24, 2.45) is 5.41 Å². The molecule has 2 aromatic rings. The number of rotatable bonds is 6. The number of anilines is 1. The van der Waals surface area contributed by atoms with Crippen LogP contribution in [0.4, 0.5) is 5.13 Å². The molecule has 132 valence electrons. The molecule has 0 bridgehead atoms. The number of allylic oxidation sites excluding steroid dienone is 3. The number of carbonyl (C=O) groups is 1. The van der Waals surface area contributed by atoms with Gasteiger partial charge in [0, 0.05) is 11.4 Å². The first-order valence-electron chi connectivity index (χ1n) is 8.26. The van der Waals surface area contributed by atoms with Crippen LogP contribution in [0.3, 0.4) is 0 Å². The number of nitrogens with zero attached hydrogens (tertiary/aromatic N) is 2. The van der Waals surface area contributed by atoms with Gasteiger partial charge in [0.25, 0.3) is 0 Å². The van der Waals surface area contributed by atoms with E-state index in [0.29, 0.717) is 16.6 Å². The summed E-state index contributed by atoms with van der Waals surface area (Å²) in [6.45, 7) is 1.91. The van der Waals surface area contributed by atoms with Gasteiger partial charge < -0.3 is 0 Å². The zero-order valence-corrected chi connectivity index (χ0v) is 15.9. The van der Waals surface area contributed by atoms with Crippen LogP contribution < -0.4 is 5.32 Å². The Kier molecular flexibility index (Phi) is 5.55. The number of halogens is 1. The third-order valence-electron chi connectivity index (χ3n) is 4.39. The predicted octanol–water partition coefficient (Wildman–Crippen LogP) is 4.64. The second-order valence-electron chi connectivity index (χ2n) is 6.05. The Labute approximate surface area is 162 Å². The fourth-order valence-corrected chi connectivity index (χ4v) is 3.80. The Morgan fingerprint density at radius 1 is 1.42 bits per heavy atom. The molecule has 1 N–H and O–H groups in total. The molecule has 3 rings (SSSR count). The quantitative estimate of drug-likeness (QED) is 0.584. The van der Waals surface area contributed by atoms with Crippen LogP contribution in [0.1, 0.15) is 30.3 Å². The van der Waals surface area contributed by atoms with Crippen LogP contribution in [0.15, 0.2) is 48.1 Å². The van der Waals surface area contributed by atoms with E-state index in [9.17, 15) is 4.79 Å². The van der Waals surface area contributed by atoms with Gasteiger partial charge in [-0.1, -0.05) is 53.1 Å².